The molecule has 0 aromatic heterocycles. The van der Waals surface area contributed by atoms with Crippen molar-refractivity contribution in [2.24, 2.45) is 0 Å². The third-order valence-corrected chi connectivity index (χ3v) is 3.55. The smallest absolute Gasteiger partial charge is 0.351 e. The van der Waals surface area contributed by atoms with Gasteiger partial charge in [-0.1, -0.05) is 0 Å². The lowest BCUT2D eigenvalue weighted by atomic mass is 10.1. The molecular weight excluding hydrogens is 311 g/mol. The molecule has 0 aliphatic carbocycles. The summed E-state index contributed by atoms with van der Waals surface area (Å²) in [5.41, 5.74) is -0.748. The molecule has 0 saturated carbocycles. The van der Waals surface area contributed by atoms with Crippen molar-refractivity contribution in [2.45, 2.75) is 25.1 Å². The number of hydrogen-bond donors (Lipinski definition) is 3. The van der Waals surface area contributed by atoms with E-state index in [-0.39, 0.29) is 24.1 Å². The van der Waals surface area contributed by atoms with E-state index in [1.165, 1.54) is 0 Å². The first-order chi connectivity index (χ1) is 10.9. The molecule has 1 atom stereocenters. The fourth-order valence-corrected chi connectivity index (χ4v) is 2.33. The van der Waals surface area contributed by atoms with Crippen LogP contribution in [0.2, 0.25) is 0 Å². The van der Waals surface area contributed by atoms with Crippen molar-refractivity contribution in [1.82, 2.24) is 16.0 Å². The minimum Gasteiger partial charge on any atom is -0.351 e. The van der Waals surface area contributed by atoms with Gasteiger partial charge in [0.25, 0.3) is 5.91 Å². The predicted octanol–water partition coefficient (Wildman–Crippen LogP) is 1.30. The minimum absolute atomic E-state index is 0.0409. The molecule has 2 amide bonds. The summed E-state index contributed by atoms with van der Waals surface area (Å²) in [7, 11) is 0. The van der Waals surface area contributed by atoms with Crippen LogP contribution in [0.1, 0.15) is 28.8 Å². The lowest BCUT2D eigenvalue weighted by Crippen LogP contribution is -2.48. The standard InChI is InChI=1S/C15H18F3N3O2/c16-15(17,18)11-5-3-10(4-6-11)14(23)20-9-13(22)21-12-2-1-7-19-8-12/h3-6,12,19H,1-2,7-9H2,(H,20,23)(H,21,22). The SMILES string of the molecule is O=C(CNC(=O)c1ccc(C(F)(F)F)cc1)NC1CCCNC1. The average Bonchev–Trinajstić information content (AvgIpc) is 2.53. The molecule has 0 bridgehead atoms. The van der Waals surface area contributed by atoms with Gasteiger partial charge in [-0.25, -0.2) is 0 Å². The van der Waals surface area contributed by atoms with Gasteiger partial charge in [-0.3, -0.25) is 9.59 Å². The first-order valence-electron chi connectivity index (χ1n) is 7.32. The Kier molecular flexibility index (Phi) is 5.59. The topological polar surface area (TPSA) is 70.2 Å². The van der Waals surface area contributed by atoms with E-state index in [9.17, 15) is 22.8 Å². The average molecular weight is 329 g/mol. The largest absolute Gasteiger partial charge is 0.416 e. The van der Waals surface area contributed by atoms with Crippen molar-refractivity contribution >= 4 is 11.8 Å². The van der Waals surface area contributed by atoms with Crippen molar-refractivity contribution in [2.75, 3.05) is 19.6 Å². The highest BCUT2D eigenvalue weighted by atomic mass is 19.4. The Bertz CT molecular complexity index is 552. The van der Waals surface area contributed by atoms with E-state index in [1.54, 1.807) is 0 Å². The highest BCUT2D eigenvalue weighted by Crippen LogP contribution is 2.28. The number of nitrogens with one attached hydrogen (secondary N) is 3. The van der Waals surface area contributed by atoms with Crippen molar-refractivity contribution < 1.29 is 22.8 Å². The molecule has 2 rings (SSSR count). The van der Waals surface area contributed by atoms with Gasteiger partial charge in [0.2, 0.25) is 5.91 Å². The third-order valence-electron chi connectivity index (χ3n) is 3.55. The van der Waals surface area contributed by atoms with E-state index >= 15 is 0 Å². The van der Waals surface area contributed by atoms with Gasteiger partial charge in [0, 0.05) is 18.2 Å². The van der Waals surface area contributed by atoms with Gasteiger partial charge in [-0.2, -0.15) is 13.2 Å². The number of halogens is 3. The maximum Gasteiger partial charge on any atom is 0.416 e. The van der Waals surface area contributed by atoms with Crippen LogP contribution in [0.15, 0.2) is 24.3 Å². The normalized spacial score (nSPS) is 18.3. The van der Waals surface area contributed by atoms with Crippen LogP contribution in [0, 0.1) is 0 Å². The molecule has 3 N–H and O–H groups in total. The Morgan fingerprint density at radius 3 is 2.48 bits per heavy atom. The maximum atomic E-state index is 12.4. The summed E-state index contributed by atoms with van der Waals surface area (Å²) in [5.74, 6) is -0.908. The van der Waals surface area contributed by atoms with Crippen LogP contribution < -0.4 is 16.0 Å². The Morgan fingerprint density at radius 1 is 1.22 bits per heavy atom. The number of hydrogen-bond acceptors (Lipinski definition) is 3. The van der Waals surface area contributed by atoms with Crippen LogP contribution >= 0.6 is 0 Å². The van der Waals surface area contributed by atoms with E-state index in [0.717, 1.165) is 43.7 Å². The second kappa shape index (κ2) is 7.45. The number of piperidine rings is 1. The third kappa shape index (κ3) is 5.24. The quantitative estimate of drug-likeness (QED) is 0.780. The van der Waals surface area contributed by atoms with Gasteiger partial charge >= 0.3 is 6.18 Å². The van der Waals surface area contributed by atoms with Crippen LogP contribution in [-0.4, -0.2) is 37.5 Å². The van der Waals surface area contributed by atoms with Crippen LogP contribution in [-0.2, 0) is 11.0 Å². The zero-order valence-corrected chi connectivity index (χ0v) is 12.4. The summed E-state index contributed by atoms with van der Waals surface area (Å²) < 4.78 is 37.3. The van der Waals surface area contributed by atoms with Gasteiger partial charge in [0.1, 0.15) is 0 Å². The predicted molar refractivity (Wildman–Crippen MR) is 77.8 cm³/mol. The molecule has 23 heavy (non-hydrogen) atoms. The van der Waals surface area contributed by atoms with Gasteiger partial charge in [0.15, 0.2) is 0 Å². The maximum absolute atomic E-state index is 12.4. The number of alkyl halides is 3. The highest BCUT2D eigenvalue weighted by molar-refractivity contribution is 5.96. The fraction of sp³-hybridized carbons (Fsp3) is 0.467. The van der Waals surface area contributed by atoms with Gasteiger partial charge in [0.05, 0.1) is 12.1 Å². The van der Waals surface area contributed by atoms with Gasteiger partial charge < -0.3 is 16.0 Å². The lowest BCUT2D eigenvalue weighted by Gasteiger charge is -2.23. The molecule has 1 fully saturated rings. The fourth-order valence-electron chi connectivity index (χ4n) is 2.33. The molecule has 5 nitrogen and oxygen atoms in total. The van der Waals surface area contributed by atoms with Crippen LogP contribution in [0.3, 0.4) is 0 Å². The van der Waals surface area contributed by atoms with Crippen molar-refractivity contribution in [3.05, 3.63) is 35.4 Å². The number of rotatable bonds is 4. The van der Waals surface area contributed by atoms with Crippen molar-refractivity contribution in [3.63, 3.8) is 0 Å². The second-order valence-electron chi connectivity index (χ2n) is 5.37. The van der Waals surface area contributed by atoms with Crippen LogP contribution in [0.5, 0.6) is 0 Å². The Morgan fingerprint density at radius 2 is 1.91 bits per heavy atom. The Labute approximate surface area is 131 Å². The minimum atomic E-state index is -4.44. The Hall–Kier alpha value is -2.09. The summed E-state index contributed by atoms with van der Waals surface area (Å²) in [4.78, 5) is 23.5. The summed E-state index contributed by atoms with van der Waals surface area (Å²) >= 11 is 0. The Balaban J connectivity index is 1.81. The van der Waals surface area contributed by atoms with Gasteiger partial charge in [-0.15, -0.1) is 0 Å². The molecule has 1 heterocycles. The molecule has 126 valence electrons. The summed E-state index contributed by atoms with van der Waals surface area (Å²) in [6.07, 6.45) is -2.59. The van der Waals surface area contributed by atoms with Crippen molar-refractivity contribution in [3.8, 4) is 0 Å². The number of amides is 2. The van der Waals surface area contributed by atoms with Crippen molar-refractivity contribution in [1.29, 1.82) is 0 Å². The monoisotopic (exact) mass is 329 g/mol. The zero-order chi connectivity index (χ0) is 16.9. The second-order valence-corrected chi connectivity index (χ2v) is 5.37. The van der Waals surface area contributed by atoms with E-state index < -0.39 is 17.6 Å². The molecule has 1 aromatic rings. The number of carbonyl (C=O) groups excluding carboxylic acids is 2. The molecule has 1 aromatic carbocycles. The summed E-state index contributed by atoms with van der Waals surface area (Å²) in [6, 6.07) is 3.88. The molecule has 0 radical (unpaired) electrons. The molecule has 8 heteroatoms. The zero-order valence-electron chi connectivity index (χ0n) is 12.4. The first-order valence-corrected chi connectivity index (χ1v) is 7.32. The highest BCUT2D eigenvalue weighted by Gasteiger charge is 2.30. The van der Waals surface area contributed by atoms with Crippen LogP contribution in [0.4, 0.5) is 13.2 Å². The summed E-state index contributed by atoms with van der Waals surface area (Å²) in [6.45, 7) is 1.41. The number of carbonyl (C=O) groups is 2. The van der Waals surface area contributed by atoms with E-state index in [2.05, 4.69) is 16.0 Å². The molecular formula is C15H18F3N3O2. The van der Waals surface area contributed by atoms with E-state index in [4.69, 9.17) is 0 Å². The molecule has 1 aliphatic heterocycles. The lowest BCUT2D eigenvalue weighted by molar-refractivity contribution is -0.137. The van der Waals surface area contributed by atoms with E-state index in [0.29, 0.717) is 6.54 Å². The molecule has 1 aliphatic rings. The van der Waals surface area contributed by atoms with Crippen LogP contribution in [0.25, 0.3) is 0 Å². The number of benzene rings is 1. The molecule has 1 saturated heterocycles. The first kappa shape index (κ1) is 17.3. The van der Waals surface area contributed by atoms with E-state index in [1.807, 2.05) is 0 Å². The summed E-state index contributed by atoms with van der Waals surface area (Å²) in [5, 5.41) is 8.34. The molecule has 1 unspecified atom stereocenters. The molecule has 0 spiro atoms. The van der Waals surface area contributed by atoms with Gasteiger partial charge in [-0.05, 0) is 43.7 Å².